The number of carbonyl (C=O) groups excluding carboxylic acids is 1. The zero-order valence-electron chi connectivity index (χ0n) is 11.6. The number of amides is 1. The number of hydrogen-bond acceptors (Lipinski definition) is 3. The second-order valence-corrected chi connectivity index (χ2v) is 5.31. The fourth-order valence-corrected chi connectivity index (χ4v) is 2.36. The fourth-order valence-electron chi connectivity index (χ4n) is 1.89. The molecule has 0 saturated carbocycles. The Hall–Kier alpha value is -1.82. The summed E-state index contributed by atoms with van der Waals surface area (Å²) in [6.07, 6.45) is 1.72. The minimum absolute atomic E-state index is 0.0583. The number of rotatable bonds is 4. The van der Waals surface area contributed by atoms with Crippen LogP contribution in [0.5, 0.6) is 5.75 Å². The third kappa shape index (κ3) is 3.01. The summed E-state index contributed by atoms with van der Waals surface area (Å²) in [5.41, 5.74) is 1.55. The predicted octanol–water partition coefficient (Wildman–Crippen LogP) is 2.46. The van der Waals surface area contributed by atoms with E-state index in [0.29, 0.717) is 17.9 Å². The van der Waals surface area contributed by atoms with Gasteiger partial charge < -0.3 is 9.64 Å². The summed E-state index contributed by atoms with van der Waals surface area (Å²) in [7, 11) is 5.20. The van der Waals surface area contributed by atoms with Crippen molar-refractivity contribution in [1.82, 2.24) is 14.7 Å². The molecule has 0 aliphatic rings. The van der Waals surface area contributed by atoms with Gasteiger partial charge >= 0.3 is 0 Å². The lowest BCUT2D eigenvalue weighted by Gasteiger charge is -2.18. The van der Waals surface area contributed by atoms with Gasteiger partial charge in [0.1, 0.15) is 5.75 Å². The van der Waals surface area contributed by atoms with Crippen LogP contribution >= 0.6 is 15.9 Å². The number of benzene rings is 1. The maximum Gasteiger partial charge on any atom is 0.254 e. The number of halogens is 1. The maximum atomic E-state index is 12.4. The molecule has 2 rings (SSSR count). The summed E-state index contributed by atoms with van der Waals surface area (Å²) in [5.74, 6) is 0.614. The molecule has 1 aromatic heterocycles. The average molecular weight is 338 g/mol. The van der Waals surface area contributed by atoms with E-state index >= 15 is 0 Å². The highest BCUT2D eigenvalue weighted by molar-refractivity contribution is 9.10. The van der Waals surface area contributed by atoms with Gasteiger partial charge in [0, 0.05) is 19.7 Å². The quantitative estimate of drug-likeness (QED) is 0.860. The molecule has 0 N–H and O–H groups in total. The Morgan fingerprint density at radius 3 is 2.85 bits per heavy atom. The Balaban J connectivity index is 2.16. The summed E-state index contributed by atoms with van der Waals surface area (Å²) >= 11 is 3.43. The van der Waals surface area contributed by atoms with Crippen LogP contribution in [-0.2, 0) is 13.6 Å². The molecule has 2 aromatic rings. The summed E-state index contributed by atoms with van der Waals surface area (Å²) < 4.78 is 7.78. The van der Waals surface area contributed by atoms with E-state index in [1.807, 2.05) is 13.1 Å². The highest BCUT2D eigenvalue weighted by atomic mass is 79.9. The lowest BCUT2D eigenvalue weighted by molar-refractivity contribution is 0.0781. The molecule has 6 heteroatoms. The predicted molar refractivity (Wildman–Crippen MR) is 79.7 cm³/mol. The number of nitrogens with zero attached hydrogens (tertiary/aromatic N) is 3. The lowest BCUT2D eigenvalue weighted by Crippen LogP contribution is -2.27. The molecule has 1 aromatic carbocycles. The lowest BCUT2D eigenvalue weighted by atomic mass is 10.2. The van der Waals surface area contributed by atoms with Crippen molar-refractivity contribution in [3.8, 4) is 5.75 Å². The molecule has 106 valence electrons. The van der Waals surface area contributed by atoms with E-state index in [-0.39, 0.29) is 5.91 Å². The van der Waals surface area contributed by atoms with Crippen molar-refractivity contribution in [3.63, 3.8) is 0 Å². The molecule has 0 radical (unpaired) electrons. The largest absolute Gasteiger partial charge is 0.497 e. The molecule has 0 atom stereocenters. The fraction of sp³-hybridized carbons (Fsp3) is 0.286. The van der Waals surface area contributed by atoms with E-state index in [1.165, 1.54) is 0 Å². The Morgan fingerprint density at radius 1 is 1.50 bits per heavy atom. The number of aryl methyl sites for hydroxylation is 1. The Kier molecular flexibility index (Phi) is 4.44. The molecule has 0 saturated heterocycles. The molecule has 0 bridgehead atoms. The Morgan fingerprint density at radius 2 is 2.25 bits per heavy atom. The van der Waals surface area contributed by atoms with E-state index in [0.717, 1.165) is 10.2 Å². The second-order valence-electron chi connectivity index (χ2n) is 4.46. The van der Waals surface area contributed by atoms with Crippen LogP contribution in [0.4, 0.5) is 0 Å². The van der Waals surface area contributed by atoms with Crippen molar-refractivity contribution >= 4 is 21.8 Å². The minimum atomic E-state index is -0.0583. The average Bonchev–Trinajstić information content (AvgIpc) is 2.78. The van der Waals surface area contributed by atoms with E-state index in [4.69, 9.17) is 4.74 Å². The molecule has 0 spiro atoms. The zero-order chi connectivity index (χ0) is 14.7. The van der Waals surface area contributed by atoms with Crippen molar-refractivity contribution in [1.29, 1.82) is 0 Å². The Labute approximate surface area is 126 Å². The first kappa shape index (κ1) is 14.6. The summed E-state index contributed by atoms with van der Waals surface area (Å²) in [6.45, 7) is 0.479. The summed E-state index contributed by atoms with van der Waals surface area (Å²) in [5, 5.41) is 4.14. The van der Waals surface area contributed by atoms with Crippen molar-refractivity contribution in [2.75, 3.05) is 14.2 Å². The van der Waals surface area contributed by atoms with E-state index < -0.39 is 0 Å². The van der Waals surface area contributed by atoms with Crippen LogP contribution in [0, 0.1) is 0 Å². The summed E-state index contributed by atoms with van der Waals surface area (Å²) in [6, 6.07) is 7.13. The first-order chi connectivity index (χ1) is 9.52. The van der Waals surface area contributed by atoms with Crippen LogP contribution in [0.2, 0.25) is 0 Å². The standard InChI is InChI=1S/C14H16BrN3O2/c1-17(9-13-12(15)8-16-18(13)2)14(19)10-5-4-6-11(7-10)20-3/h4-8H,9H2,1-3H3. The van der Waals surface area contributed by atoms with Crippen LogP contribution in [0.1, 0.15) is 16.1 Å². The number of carbonyl (C=O) groups is 1. The van der Waals surface area contributed by atoms with Gasteiger partial charge in [-0.3, -0.25) is 9.48 Å². The van der Waals surface area contributed by atoms with Gasteiger partial charge in [0.15, 0.2) is 0 Å². The van der Waals surface area contributed by atoms with E-state index in [1.54, 1.807) is 48.1 Å². The monoisotopic (exact) mass is 337 g/mol. The molecular formula is C14H16BrN3O2. The molecule has 0 unspecified atom stereocenters. The van der Waals surface area contributed by atoms with Crippen molar-refractivity contribution < 1.29 is 9.53 Å². The summed E-state index contributed by atoms with van der Waals surface area (Å²) in [4.78, 5) is 14.0. The minimum Gasteiger partial charge on any atom is -0.497 e. The van der Waals surface area contributed by atoms with Gasteiger partial charge in [-0.2, -0.15) is 5.10 Å². The van der Waals surface area contributed by atoms with Gasteiger partial charge in [-0.1, -0.05) is 6.07 Å². The smallest absolute Gasteiger partial charge is 0.254 e. The molecule has 0 fully saturated rings. The van der Waals surface area contributed by atoms with Gasteiger partial charge in [-0.25, -0.2) is 0 Å². The van der Waals surface area contributed by atoms with Gasteiger partial charge in [0.2, 0.25) is 0 Å². The third-order valence-electron chi connectivity index (χ3n) is 3.06. The SMILES string of the molecule is COc1cccc(C(=O)N(C)Cc2c(Br)cnn2C)c1. The van der Waals surface area contributed by atoms with Crippen LogP contribution in [0.25, 0.3) is 0 Å². The highest BCUT2D eigenvalue weighted by Crippen LogP contribution is 2.19. The highest BCUT2D eigenvalue weighted by Gasteiger charge is 2.16. The molecule has 20 heavy (non-hydrogen) atoms. The molecular weight excluding hydrogens is 322 g/mol. The normalized spacial score (nSPS) is 10.4. The van der Waals surface area contributed by atoms with Gasteiger partial charge in [-0.15, -0.1) is 0 Å². The first-order valence-corrected chi connectivity index (χ1v) is 6.88. The van der Waals surface area contributed by atoms with Crippen LogP contribution in [0.15, 0.2) is 34.9 Å². The van der Waals surface area contributed by atoms with E-state index in [9.17, 15) is 4.79 Å². The second kappa shape index (κ2) is 6.09. The topological polar surface area (TPSA) is 47.4 Å². The van der Waals surface area contributed by atoms with Crippen molar-refractivity contribution in [2.45, 2.75) is 6.54 Å². The van der Waals surface area contributed by atoms with Crippen molar-refractivity contribution in [2.24, 2.45) is 7.05 Å². The number of hydrogen-bond donors (Lipinski definition) is 0. The zero-order valence-corrected chi connectivity index (χ0v) is 13.2. The maximum absolute atomic E-state index is 12.4. The van der Waals surface area contributed by atoms with Gasteiger partial charge in [0.05, 0.1) is 30.0 Å². The van der Waals surface area contributed by atoms with Crippen LogP contribution in [-0.4, -0.2) is 34.7 Å². The number of aromatic nitrogens is 2. The van der Waals surface area contributed by atoms with Crippen molar-refractivity contribution in [3.05, 3.63) is 46.2 Å². The molecule has 1 heterocycles. The van der Waals surface area contributed by atoms with Gasteiger partial charge in [-0.05, 0) is 34.1 Å². The van der Waals surface area contributed by atoms with Crippen LogP contribution in [0.3, 0.4) is 0 Å². The Bertz CT molecular complexity index is 605. The number of ether oxygens (including phenoxy) is 1. The van der Waals surface area contributed by atoms with Crippen LogP contribution < -0.4 is 4.74 Å². The third-order valence-corrected chi connectivity index (χ3v) is 3.72. The van der Waals surface area contributed by atoms with E-state index in [2.05, 4.69) is 21.0 Å². The number of methoxy groups -OCH3 is 1. The molecule has 1 amide bonds. The molecule has 0 aliphatic heterocycles. The van der Waals surface area contributed by atoms with Gasteiger partial charge in [0.25, 0.3) is 5.91 Å². The molecule has 0 aliphatic carbocycles. The first-order valence-electron chi connectivity index (χ1n) is 6.09. The molecule has 5 nitrogen and oxygen atoms in total.